The highest BCUT2D eigenvalue weighted by Gasteiger charge is 2.34. The van der Waals surface area contributed by atoms with Crippen molar-refractivity contribution in [2.45, 2.75) is 44.0 Å². The van der Waals surface area contributed by atoms with Crippen LogP contribution in [0.2, 0.25) is 0 Å². The Kier molecular flexibility index (Phi) is 3.72. The zero-order chi connectivity index (χ0) is 10.8. The van der Waals surface area contributed by atoms with Gasteiger partial charge in [-0.05, 0) is 26.2 Å². The molecule has 0 spiro atoms. The van der Waals surface area contributed by atoms with Crippen LogP contribution in [0.15, 0.2) is 12.2 Å². The topological polar surface area (TPSA) is 54.4 Å². The van der Waals surface area contributed by atoms with Gasteiger partial charge >= 0.3 is 0 Å². The van der Waals surface area contributed by atoms with Crippen molar-refractivity contribution >= 4 is 9.84 Å². The van der Waals surface area contributed by atoms with Gasteiger partial charge in [0, 0.05) is 0 Å². The molecule has 0 aromatic heterocycles. The van der Waals surface area contributed by atoms with E-state index in [2.05, 4.69) is 6.58 Å². The summed E-state index contributed by atoms with van der Waals surface area (Å²) in [5.74, 6) is 0.227. The van der Waals surface area contributed by atoms with E-state index in [1.807, 2.05) is 0 Å². The summed E-state index contributed by atoms with van der Waals surface area (Å²) >= 11 is 0. The highest BCUT2D eigenvalue weighted by molar-refractivity contribution is 7.92. The third-order valence-electron chi connectivity index (χ3n) is 2.62. The van der Waals surface area contributed by atoms with Crippen molar-refractivity contribution < 1.29 is 13.5 Å². The zero-order valence-corrected chi connectivity index (χ0v) is 9.39. The lowest BCUT2D eigenvalue weighted by molar-refractivity contribution is 0.162. The molecule has 4 heteroatoms. The van der Waals surface area contributed by atoms with Crippen molar-refractivity contribution in [1.82, 2.24) is 0 Å². The van der Waals surface area contributed by atoms with E-state index in [4.69, 9.17) is 0 Å². The standard InChI is InChI=1S/C10H18O3S/c1-8(2)7-9(11)10-5-3-4-6-14(10,12)13/h9-11H,1,3-7H2,2H3. The van der Waals surface area contributed by atoms with Gasteiger partial charge in [-0.1, -0.05) is 12.0 Å². The second-order valence-corrected chi connectivity index (χ2v) is 6.47. The average Bonchev–Trinajstić information content (AvgIpc) is 2.01. The normalized spacial score (nSPS) is 28.3. The van der Waals surface area contributed by atoms with Crippen molar-refractivity contribution in [3.8, 4) is 0 Å². The van der Waals surface area contributed by atoms with Crippen LogP contribution >= 0.6 is 0 Å². The number of hydrogen-bond donors (Lipinski definition) is 1. The molecule has 1 heterocycles. The summed E-state index contributed by atoms with van der Waals surface area (Å²) in [6.07, 6.45) is 1.86. The molecule has 0 aromatic carbocycles. The molecule has 0 bridgehead atoms. The predicted octanol–water partition coefficient (Wildman–Crippen LogP) is 1.28. The van der Waals surface area contributed by atoms with Gasteiger partial charge in [0.1, 0.15) is 0 Å². The Morgan fingerprint density at radius 2 is 2.21 bits per heavy atom. The summed E-state index contributed by atoms with van der Waals surface area (Å²) in [5.41, 5.74) is 0.832. The molecule has 2 unspecified atom stereocenters. The average molecular weight is 218 g/mol. The summed E-state index contributed by atoms with van der Waals surface area (Å²) in [5, 5.41) is 9.18. The van der Waals surface area contributed by atoms with Gasteiger partial charge in [0.25, 0.3) is 0 Å². The highest BCUT2D eigenvalue weighted by Crippen LogP contribution is 2.24. The smallest absolute Gasteiger partial charge is 0.155 e. The van der Waals surface area contributed by atoms with Gasteiger partial charge in [-0.3, -0.25) is 0 Å². The first kappa shape index (κ1) is 11.7. The molecule has 0 saturated carbocycles. The second-order valence-electron chi connectivity index (χ2n) is 4.13. The van der Waals surface area contributed by atoms with Gasteiger partial charge in [-0.25, -0.2) is 8.42 Å². The van der Waals surface area contributed by atoms with E-state index in [-0.39, 0.29) is 5.75 Å². The molecule has 1 aliphatic rings. The van der Waals surface area contributed by atoms with Crippen LogP contribution in [0.4, 0.5) is 0 Å². The number of hydrogen-bond acceptors (Lipinski definition) is 3. The molecular formula is C10H18O3S. The maximum atomic E-state index is 11.6. The molecule has 1 aliphatic heterocycles. The first-order chi connectivity index (χ1) is 6.43. The minimum atomic E-state index is -3.06. The van der Waals surface area contributed by atoms with E-state index in [1.165, 1.54) is 0 Å². The Bertz CT molecular complexity index is 305. The minimum Gasteiger partial charge on any atom is -0.391 e. The van der Waals surface area contributed by atoms with Gasteiger partial charge in [0.2, 0.25) is 0 Å². The molecule has 1 fully saturated rings. The van der Waals surface area contributed by atoms with Crippen LogP contribution in [0, 0.1) is 0 Å². The van der Waals surface area contributed by atoms with Crippen molar-refractivity contribution in [3.05, 3.63) is 12.2 Å². The van der Waals surface area contributed by atoms with Gasteiger partial charge in [0.15, 0.2) is 9.84 Å². The third-order valence-corrected chi connectivity index (χ3v) is 4.95. The van der Waals surface area contributed by atoms with E-state index >= 15 is 0 Å². The summed E-state index contributed by atoms with van der Waals surface area (Å²) < 4.78 is 23.2. The Hall–Kier alpha value is -0.350. The lowest BCUT2D eigenvalue weighted by Crippen LogP contribution is -2.38. The molecule has 3 nitrogen and oxygen atoms in total. The quantitative estimate of drug-likeness (QED) is 0.726. The summed E-state index contributed by atoms with van der Waals surface area (Å²) in [6, 6.07) is 0. The molecule has 0 amide bonds. The fourth-order valence-corrected chi connectivity index (χ4v) is 3.91. The Morgan fingerprint density at radius 3 is 2.71 bits per heavy atom. The molecule has 1 saturated heterocycles. The fourth-order valence-electron chi connectivity index (χ4n) is 1.90. The van der Waals surface area contributed by atoms with Gasteiger partial charge in [0.05, 0.1) is 17.1 Å². The van der Waals surface area contributed by atoms with E-state index < -0.39 is 21.2 Å². The van der Waals surface area contributed by atoms with Crippen LogP contribution in [0.5, 0.6) is 0 Å². The summed E-state index contributed by atoms with van der Waals surface area (Å²) in [7, 11) is -3.06. The number of aliphatic hydroxyl groups excluding tert-OH is 1. The molecule has 0 aliphatic carbocycles. The molecule has 14 heavy (non-hydrogen) atoms. The minimum absolute atomic E-state index is 0.227. The molecule has 2 atom stereocenters. The highest BCUT2D eigenvalue weighted by atomic mass is 32.2. The maximum absolute atomic E-state index is 11.6. The van der Waals surface area contributed by atoms with Crippen LogP contribution in [0.25, 0.3) is 0 Å². The van der Waals surface area contributed by atoms with Crippen molar-refractivity contribution in [2.75, 3.05) is 5.75 Å². The van der Waals surface area contributed by atoms with Gasteiger partial charge in [-0.15, -0.1) is 6.58 Å². The molecular weight excluding hydrogens is 200 g/mol. The number of sulfone groups is 1. The van der Waals surface area contributed by atoms with Gasteiger partial charge < -0.3 is 5.11 Å². The van der Waals surface area contributed by atoms with Crippen LogP contribution < -0.4 is 0 Å². The SMILES string of the molecule is C=C(C)CC(O)C1CCCCS1(=O)=O. The van der Waals surface area contributed by atoms with Crippen LogP contribution in [0.3, 0.4) is 0 Å². The molecule has 0 radical (unpaired) electrons. The molecule has 1 rings (SSSR count). The Labute approximate surface area is 85.7 Å². The van der Waals surface area contributed by atoms with Gasteiger partial charge in [-0.2, -0.15) is 0 Å². The maximum Gasteiger partial charge on any atom is 0.155 e. The number of rotatable bonds is 3. The van der Waals surface area contributed by atoms with E-state index in [0.29, 0.717) is 12.8 Å². The van der Waals surface area contributed by atoms with Crippen molar-refractivity contribution in [3.63, 3.8) is 0 Å². The predicted molar refractivity (Wildman–Crippen MR) is 56.9 cm³/mol. The first-order valence-corrected chi connectivity index (χ1v) is 6.69. The van der Waals surface area contributed by atoms with Crippen LogP contribution in [-0.2, 0) is 9.84 Å². The third kappa shape index (κ3) is 2.82. The van der Waals surface area contributed by atoms with E-state index in [9.17, 15) is 13.5 Å². The second kappa shape index (κ2) is 4.45. The van der Waals surface area contributed by atoms with Crippen LogP contribution in [-0.4, -0.2) is 30.6 Å². The molecule has 82 valence electrons. The Morgan fingerprint density at radius 1 is 1.57 bits per heavy atom. The monoisotopic (exact) mass is 218 g/mol. The summed E-state index contributed by atoms with van der Waals surface area (Å²) in [4.78, 5) is 0. The summed E-state index contributed by atoms with van der Waals surface area (Å²) in [6.45, 7) is 5.49. The van der Waals surface area contributed by atoms with Crippen molar-refractivity contribution in [1.29, 1.82) is 0 Å². The molecule has 1 N–H and O–H groups in total. The number of aliphatic hydroxyl groups is 1. The van der Waals surface area contributed by atoms with Crippen molar-refractivity contribution in [2.24, 2.45) is 0 Å². The first-order valence-electron chi connectivity index (χ1n) is 4.97. The van der Waals surface area contributed by atoms with Crippen LogP contribution in [0.1, 0.15) is 32.6 Å². The zero-order valence-electron chi connectivity index (χ0n) is 8.57. The fraction of sp³-hybridized carbons (Fsp3) is 0.800. The Balaban J connectivity index is 2.69. The van der Waals surface area contributed by atoms with E-state index in [0.717, 1.165) is 18.4 Å². The lowest BCUT2D eigenvalue weighted by Gasteiger charge is -2.26. The lowest BCUT2D eigenvalue weighted by atomic mass is 10.0. The largest absolute Gasteiger partial charge is 0.391 e. The van der Waals surface area contributed by atoms with E-state index in [1.54, 1.807) is 6.92 Å². The molecule has 0 aromatic rings.